The Morgan fingerprint density at radius 3 is 2.56 bits per heavy atom. The maximum atomic E-state index is 13.4. The van der Waals surface area contributed by atoms with E-state index >= 15 is 0 Å². The van der Waals surface area contributed by atoms with E-state index in [2.05, 4.69) is 10.3 Å². The molecule has 4 rings (SSSR count). The lowest BCUT2D eigenvalue weighted by atomic mass is 10.2. The highest BCUT2D eigenvalue weighted by molar-refractivity contribution is 5.93. The minimum Gasteiger partial charge on any atom is -0.325 e. The van der Waals surface area contributed by atoms with Crippen LogP contribution in [0.4, 0.5) is 15.8 Å². The lowest BCUT2D eigenvalue weighted by Gasteiger charge is -2.13. The molecule has 0 saturated carbocycles. The van der Waals surface area contributed by atoms with E-state index in [0.29, 0.717) is 12.6 Å². The first kappa shape index (κ1) is 22.6. The molecule has 34 heavy (non-hydrogen) atoms. The molecule has 11 nitrogen and oxygen atoms in total. The van der Waals surface area contributed by atoms with Gasteiger partial charge in [0.05, 0.1) is 23.9 Å². The van der Waals surface area contributed by atoms with Crippen LogP contribution in [-0.2, 0) is 24.4 Å². The van der Waals surface area contributed by atoms with Crippen LogP contribution in [-0.4, -0.2) is 29.5 Å². The number of carbonyl (C=O) groups is 1. The highest BCUT2D eigenvalue weighted by Gasteiger charge is 2.21. The van der Waals surface area contributed by atoms with Crippen LogP contribution in [0.3, 0.4) is 0 Å². The second kappa shape index (κ2) is 9.10. The van der Waals surface area contributed by atoms with Crippen LogP contribution >= 0.6 is 0 Å². The van der Waals surface area contributed by atoms with Gasteiger partial charge in [0.15, 0.2) is 11.2 Å². The molecule has 0 fully saturated rings. The Kier molecular flexibility index (Phi) is 6.04. The number of nitrogens with zero attached hydrogens (tertiary/aromatic N) is 5. The van der Waals surface area contributed by atoms with Gasteiger partial charge in [0, 0.05) is 6.54 Å². The number of aromatic nitrogens is 4. The summed E-state index contributed by atoms with van der Waals surface area (Å²) < 4.78 is 17.0. The second-order valence-corrected chi connectivity index (χ2v) is 7.42. The summed E-state index contributed by atoms with van der Waals surface area (Å²) in [6.45, 7) is 1.62. The first-order chi connectivity index (χ1) is 16.3. The minimum absolute atomic E-state index is 0.113. The molecule has 4 aromatic rings. The van der Waals surface area contributed by atoms with Gasteiger partial charge in [-0.1, -0.05) is 30.3 Å². The Morgan fingerprint density at radius 1 is 1.15 bits per heavy atom. The fourth-order valence-corrected chi connectivity index (χ4v) is 3.62. The fraction of sp³-hybridized carbons (Fsp3) is 0.182. The predicted octanol–water partition coefficient (Wildman–Crippen LogP) is 2.11. The molecule has 0 atom stereocenters. The van der Waals surface area contributed by atoms with Crippen LogP contribution < -0.4 is 16.6 Å². The molecular weight excluding hydrogens is 447 g/mol. The zero-order valence-corrected chi connectivity index (χ0v) is 18.0. The summed E-state index contributed by atoms with van der Waals surface area (Å²) in [5.74, 6) is -1.70. The molecule has 0 aliphatic heterocycles. The Labute approximate surface area is 190 Å². The van der Waals surface area contributed by atoms with E-state index in [0.717, 1.165) is 22.3 Å². The fourth-order valence-electron chi connectivity index (χ4n) is 3.62. The average Bonchev–Trinajstić information content (AvgIpc) is 3.25. The number of amides is 1. The van der Waals surface area contributed by atoms with Gasteiger partial charge in [0.1, 0.15) is 18.0 Å². The van der Waals surface area contributed by atoms with Crippen LogP contribution in [0.15, 0.2) is 64.4 Å². The van der Waals surface area contributed by atoms with Gasteiger partial charge in [-0.3, -0.25) is 24.3 Å². The standard InChI is InChI=1S/C22H19FN6O5/c1-2-26-13-24-20-19(26)21(31)28(22(32)27(20)11-14-6-4-3-5-7-14)12-18(30)25-16-9-8-15(23)10-17(16)29(33)34/h3-10,13H,2,11-12H2,1H3,(H,25,30). The third-order valence-corrected chi connectivity index (χ3v) is 5.24. The van der Waals surface area contributed by atoms with Crippen molar-refractivity contribution in [1.82, 2.24) is 18.7 Å². The number of hydrogen-bond donors (Lipinski definition) is 1. The normalized spacial score (nSPS) is 11.0. The van der Waals surface area contributed by atoms with E-state index in [-0.39, 0.29) is 23.4 Å². The maximum absolute atomic E-state index is 13.4. The number of benzene rings is 2. The van der Waals surface area contributed by atoms with Crippen LogP contribution in [0.5, 0.6) is 0 Å². The first-order valence-corrected chi connectivity index (χ1v) is 10.3. The number of rotatable bonds is 7. The van der Waals surface area contributed by atoms with E-state index in [1.807, 2.05) is 18.2 Å². The Morgan fingerprint density at radius 2 is 1.88 bits per heavy atom. The molecular formula is C22H19FN6O5. The summed E-state index contributed by atoms with van der Waals surface area (Å²) >= 11 is 0. The molecule has 0 saturated heterocycles. The number of hydrogen-bond acceptors (Lipinski definition) is 6. The topological polar surface area (TPSA) is 134 Å². The summed E-state index contributed by atoms with van der Waals surface area (Å²) in [7, 11) is 0. The van der Waals surface area contributed by atoms with E-state index in [1.165, 1.54) is 10.9 Å². The summed E-state index contributed by atoms with van der Waals surface area (Å²) in [5.41, 5.74) is -1.26. The van der Waals surface area contributed by atoms with Crippen molar-refractivity contribution in [3.8, 4) is 0 Å². The van der Waals surface area contributed by atoms with Crippen molar-refractivity contribution in [3.63, 3.8) is 0 Å². The zero-order valence-electron chi connectivity index (χ0n) is 18.0. The number of fused-ring (bicyclic) bond motifs is 1. The molecule has 0 aliphatic rings. The molecule has 0 aliphatic carbocycles. The number of nitro benzene ring substituents is 1. The van der Waals surface area contributed by atoms with Crippen molar-refractivity contribution < 1.29 is 14.1 Å². The summed E-state index contributed by atoms with van der Waals surface area (Å²) in [5, 5.41) is 13.5. The van der Waals surface area contributed by atoms with Crippen molar-refractivity contribution in [2.24, 2.45) is 0 Å². The van der Waals surface area contributed by atoms with Crippen molar-refractivity contribution >= 4 is 28.4 Å². The highest BCUT2D eigenvalue weighted by atomic mass is 19.1. The molecule has 1 N–H and O–H groups in total. The average molecular weight is 466 g/mol. The van der Waals surface area contributed by atoms with Gasteiger partial charge in [-0.05, 0) is 24.6 Å². The number of carbonyl (C=O) groups excluding carboxylic acids is 1. The van der Waals surface area contributed by atoms with Crippen LogP contribution in [0.2, 0.25) is 0 Å². The lowest BCUT2D eigenvalue weighted by Crippen LogP contribution is -2.43. The number of nitro groups is 1. The number of halogens is 1. The second-order valence-electron chi connectivity index (χ2n) is 7.42. The Balaban J connectivity index is 1.77. The quantitative estimate of drug-likeness (QED) is 0.328. The number of aryl methyl sites for hydroxylation is 1. The van der Waals surface area contributed by atoms with Crippen molar-refractivity contribution in [1.29, 1.82) is 0 Å². The molecule has 2 aromatic carbocycles. The smallest absolute Gasteiger partial charge is 0.325 e. The summed E-state index contributed by atoms with van der Waals surface area (Å²) in [6.07, 6.45) is 1.44. The van der Waals surface area contributed by atoms with Gasteiger partial charge in [-0.25, -0.2) is 18.7 Å². The van der Waals surface area contributed by atoms with Crippen molar-refractivity contribution in [2.75, 3.05) is 5.32 Å². The summed E-state index contributed by atoms with van der Waals surface area (Å²) in [6, 6.07) is 11.7. The lowest BCUT2D eigenvalue weighted by molar-refractivity contribution is -0.384. The number of imidazole rings is 1. The van der Waals surface area contributed by atoms with Gasteiger partial charge >= 0.3 is 5.69 Å². The molecule has 12 heteroatoms. The van der Waals surface area contributed by atoms with Gasteiger partial charge in [-0.2, -0.15) is 0 Å². The van der Waals surface area contributed by atoms with Crippen molar-refractivity contribution in [2.45, 2.75) is 26.6 Å². The third-order valence-electron chi connectivity index (χ3n) is 5.24. The Hall–Kier alpha value is -4.61. The van der Waals surface area contributed by atoms with Gasteiger partial charge < -0.3 is 9.88 Å². The summed E-state index contributed by atoms with van der Waals surface area (Å²) in [4.78, 5) is 53.7. The largest absolute Gasteiger partial charge is 0.333 e. The maximum Gasteiger partial charge on any atom is 0.333 e. The number of anilines is 1. The van der Waals surface area contributed by atoms with Gasteiger partial charge in [0.25, 0.3) is 11.2 Å². The number of nitrogens with one attached hydrogen (secondary N) is 1. The Bertz CT molecular complexity index is 1520. The molecule has 1 amide bonds. The van der Waals surface area contributed by atoms with E-state index in [1.54, 1.807) is 23.6 Å². The van der Waals surface area contributed by atoms with E-state index < -0.39 is 40.1 Å². The van der Waals surface area contributed by atoms with Crippen LogP contribution in [0.25, 0.3) is 11.2 Å². The molecule has 0 radical (unpaired) electrons. The van der Waals surface area contributed by atoms with Crippen molar-refractivity contribution in [3.05, 3.63) is 97.2 Å². The highest BCUT2D eigenvalue weighted by Crippen LogP contribution is 2.24. The third kappa shape index (κ3) is 4.20. The molecule has 0 unspecified atom stereocenters. The van der Waals surface area contributed by atoms with Crippen LogP contribution in [0.1, 0.15) is 12.5 Å². The molecule has 0 bridgehead atoms. The van der Waals surface area contributed by atoms with Gasteiger partial charge in [0.2, 0.25) is 5.91 Å². The van der Waals surface area contributed by atoms with E-state index in [4.69, 9.17) is 0 Å². The molecule has 0 spiro atoms. The van der Waals surface area contributed by atoms with Gasteiger partial charge in [-0.15, -0.1) is 0 Å². The molecule has 2 aromatic heterocycles. The predicted molar refractivity (Wildman–Crippen MR) is 121 cm³/mol. The monoisotopic (exact) mass is 466 g/mol. The molecule has 2 heterocycles. The molecule has 174 valence electrons. The van der Waals surface area contributed by atoms with E-state index in [9.17, 15) is 28.9 Å². The first-order valence-electron chi connectivity index (χ1n) is 10.3. The SMILES string of the molecule is CCn1cnc2c1c(=O)n(CC(=O)Nc1ccc(F)cc1[N+](=O)[O-])c(=O)n2Cc1ccccc1. The van der Waals surface area contributed by atoms with Crippen LogP contribution in [0, 0.1) is 15.9 Å². The minimum atomic E-state index is -0.859. The zero-order chi connectivity index (χ0) is 24.4.